The quantitative estimate of drug-likeness (QED) is 0.625. The largest absolute Gasteiger partial charge is 0.315 e. The molecule has 0 radical (unpaired) electrons. The van der Waals surface area contributed by atoms with Crippen LogP contribution in [0.5, 0.6) is 0 Å². The van der Waals surface area contributed by atoms with Crippen molar-refractivity contribution >= 4 is 50.7 Å². The lowest BCUT2D eigenvalue weighted by Crippen LogP contribution is -2.08. The highest BCUT2D eigenvalue weighted by Gasteiger charge is 2.08. The first-order valence-corrected chi connectivity index (χ1v) is 5.16. The van der Waals surface area contributed by atoms with E-state index in [9.17, 15) is 9.18 Å². The summed E-state index contributed by atoms with van der Waals surface area (Å²) in [6, 6.07) is 2.49. The molecule has 0 aromatic heterocycles. The minimum Gasteiger partial charge on any atom is -0.315 e. The number of hydrogen-bond donors (Lipinski definition) is 1. The van der Waals surface area contributed by atoms with E-state index in [1.54, 1.807) is 0 Å². The molecule has 1 aromatic carbocycles. The first-order valence-electron chi connectivity index (χ1n) is 3.61. The Kier molecular flexibility index (Phi) is 4.40. The third-order valence-corrected chi connectivity index (χ3v) is 2.15. The van der Waals surface area contributed by atoms with Crippen LogP contribution in [-0.4, -0.2) is 5.91 Å². The molecule has 1 rings (SSSR count). The highest BCUT2D eigenvalue weighted by Crippen LogP contribution is 2.27. The smallest absolute Gasteiger partial charge is 0.301 e. The van der Waals surface area contributed by atoms with Crippen LogP contribution in [0.25, 0.3) is 0 Å². The predicted octanol–water partition coefficient (Wildman–Crippen LogP) is 3.43. The molecule has 0 bridgehead atoms. The fourth-order valence-electron chi connectivity index (χ4n) is 0.833. The van der Waals surface area contributed by atoms with E-state index in [0.29, 0.717) is 0 Å². The van der Waals surface area contributed by atoms with Crippen molar-refractivity contribution in [2.75, 3.05) is 5.32 Å². The lowest BCUT2D eigenvalue weighted by atomic mass is 10.3. The van der Waals surface area contributed by atoms with Crippen molar-refractivity contribution in [1.82, 2.24) is 0 Å². The minimum atomic E-state index is -0.720. The van der Waals surface area contributed by atoms with Gasteiger partial charge in [0.2, 0.25) is 0 Å². The average molecular weight is 311 g/mol. The number of benzene rings is 1. The van der Waals surface area contributed by atoms with Crippen molar-refractivity contribution in [3.05, 3.63) is 28.0 Å². The molecule has 2 nitrogen and oxygen atoms in total. The summed E-state index contributed by atoms with van der Waals surface area (Å²) >= 11 is 13.8. The van der Waals surface area contributed by atoms with E-state index in [1.165, 1.54) is 12.1 Å². The highest BCUT2D eigenvalue weighted by molar-refractivity contribution is 9.12. The van der Waals surface area contributed by atoms with Crippen LogP contribution in [0.2, 0.25) is 10.0 Å². The molecule has 0 spiro atoms. The zero-order valence-corrected chi connectivity index (χ0v) is 10.2. The molecule has 0 aliphatic heterocycles. The normalized spacial score (nSPS) is 9.07. The topological polar surface area (TPSA) is 29.1 Å². The third-order valence-electron chi connectivity index (χ3n) is 1.40. The van der Waals surface area contributed by atoms with Gasteiger partial charge >= 0.3 is 5.91 Å². The molecule has 0 unspecified atom stereocenters. The van der Waals surface area contributed by atoms with Gasteiger partial charge in [-0.15, -0.1) is 0 Å². The molecule has 0 aliphatic carbocycles. The standard InChI is InChI=1S/C9H3BrCl2FNO/c10-2-1-8(15)14-5-3-6(11)9(13)7(12)4-5/h3-4H,(H,14,15). The fraction of sp³-hybridized carbons (Fsp3) is 0. The van der Waals surface area contributed by atoms with Crippen LogP contribution >= 0.6 is 39.1 Å². The summed E-state index contributed by atoms with van der Waals surface area (Å²) in [5, 5.41) is 2.05. The van der Waals surface area contributed by atoms with Crippen LogP contribution in [0.1, 0.15) is 0 Å². The van der Waals surface area contributed by atoms with Gasteiger partial charge in [0.25, 0.3) is 0 Å². The number of carbonyl (C=O) groups is 1. The summed E-state index contributed by atoms with van der Waals surface area (Å²) in [5.41, 5.74) is 0.284. The number of halogens is 4. The van der Waals surface area contributed by atoms with Gasteiger partial charge in [-0.3, -0.25) is 4.79 Å². The lowest BCUT2D eigenvalue weighted by molar-refractivity contribution is -0.111. The monoisotopic (exact) mass is 309 g/mol. The Balaban J connectivity index is 2.96. The van der Waals surface area contributed by atoms with E-state index < -0.39 is 11.7 Å². The van der Waals surface area contributed by atoms with Crippen molar-refractivity contribution < 1.29 is 9.18 Å². The molecular weight excluding hydrogens is 308 g/mol. The Hall–Kier alpha value is -0.760. The molecule has 1 amide bonds. The summed E-state index contributed by atoms with van der Waals surface area (Å²) < 4.78 is 13.0. The maximum absolute atomic E-state index is 13.0. The van der Waals surface area contributed by atoms with Crippen molar-refractivity contribution in [3.63, 3.8) is 0 Å². The van der Waals surface area contributed by atoms with Crippen molar-refractivity contribution in [2.45, 2.75) is 0 Å². The number of anilines is 1. The Morgan fingerprint density at radius 3 is 2.40 bits per heavy atom. The second-order valence-corrected chi connectivity index (χ2v) is 3.64. The molecular formula is C9H3BrCl2FNO. The Bertz CT molecular complexity index is 444. The number of amides is 1. The summed E-state index contributed by atoms with van der Waals surface area (Å²) in [6.45, 7) is 0. The number of nitrogens with one attached hydrogen (secondary N) is 1. The minimum absolute atomic E-state index is 0.162. The van der Waals surface area contributed by atoms with Crippen LogP contribution in [0.4, 0.5) is 10.1 Å². The van der Waals surface area contributed by atoms with Crippen molar-refractivity contribution in [2.24, 2.45) is 0 Å². The van der Waals surface area contributed by atoms with E-state index in [1.807, 2.05) is 0 Å². The van der Waals surface area contributed by atoms with E-state index in [-0.39, 0.29) is 15.7 Å². The summed E-state index contributed by atoms with van der Waals surface area (Å²) in [5.74, 6) is 0.914. The Morgan fingerprint density at radius 2 is 1.93 bits per heavy atom. The first-order chi connectivity index (χ1) is 7.04. The zero-order valence-electron chi connectivity index (χ0n) is 7.07. The molecule has 78 valence electrons. The zero-order chi connectivity index (χ0) is 11.4. The molecule has 1 aromatic rings. The number of carbonyl (C=O) groups excluding carboxylic acids is 1. The second-order valence-electron chi connectivity index (χ2n) is 2.43. The van der Waals surface area contributed by atoms with Gasteiger partial charge in [-0.1, -0.05) is 23.2 Å². The molecule has 1 N–H and O–H groups in total. The maximum Gasteiger partial charge on any atom is 0.301 e. The molecule has 15 heavy (non-hydrogen) atoms. The molecule has 6 heteroatoms. The van der Waals surface area contributed by atoms with E-state index in [0.717, 1.165) is 0 Å². The highest BCUT2D eigenvalue weighted by atomic mass is 79.9. The van der Waals surface area contributed by atoms with Gasteiger partial charge in [-0.05, 0) is 17.0 Å². The van der Waals surface area contributed by atoms with Gasteiger partial charge in [0.05, 0.1) is 10.0 Å². The SMILES string of the molecule is O=C(C#CBr)Nc1cc(Cl)c(F)c(Cl)c1. The molecule has 0 saturated carbocycles. The lowest BCUT2D eigenvalue weighted by Gasteiger charge is -2.03. The average Bonchev–Trinajstić information content (AvgIpc) is 2.14. The first kappa shape index (κ1) is 12.3. The van der Waals surface area contributed by atoms with Gasteiger partial charge in [0.15, 0.2) is 5.82 Å². The summed E-state index contributed by atoms with van der Waals surface area (Å²) in [6.07, 6.45) is 0. The summed E-state index contributed by atoms with van der Waals surface area (Å²) in [7, 11) is 0. The van der Waals surface area contributed by atoms with Crippen LogP contribution in [0.15, 0.2) is 12.1 Å². The van der Waals surface area contributed by atoms with Crippen molar-refractivity contribution in [1.29, 1.82) is 0 Å². The van der Waals surface area contributed by atoms with Crippen LogP contribution in [0, 0.1) is 16.6 Å². The number of rotatable bonds is 1. The maximum atomic E-state index is 13.0. The van der Waals surface area contributed by atoms with Crippen LogP contribution in [0.3, 0.4) is 0 Å². The number of hydrogen-bond acceptors (Lipinski definition) is 1. The Morgan fingerprint density at radius 1 is 1.40 bits per heavy atom. The van der Waals surface area contributed by atoms with Crippen LogP contribution in [-0.2, 0) is 4.79 Å². The van der Waals surface area contributed by atoms with Gasteiger partial charge in [-0.25, -0.2) is 4.39 Å². The third kappa shape index (κ3) is 3.38. The van der Waals surface area contributed by atoms with Gasteiger partial charge in [0.1, 0.15) is 0 Å². The molecule has 0 saturated heterocycles. The molecule has 0 aliphatic rings. The van der Waals surface area contributed by atoms with Gasteiger partial charge in [0, 0.05) is 27.5 Å². The molecule has 0 fully saturated rings. The Labute approximate surface area is 104 Å². The van der Waals surface area contributed by atoms with Crippen LogP contribution < -0.4 is 5.32 Å². The summed E-state index contributed by atoms with van der Waals surface area (Å²) in [4.78, 5) is 13.3. The fourth-order valence-corrected chi connectivity index (χ4v) is 1.50. The van der Waals surface area contributed by atoms with E-state index in [4.69, 9.17) is 23.2 Å². The predicted molar refractivity (Wildman–Crippen MR) is 61.8 cm³/mol. The van der Waals surface area contributed by atoms with Gasteiger partial charge < -0.3 is 5.32 Å². The molecule has 0 atom stereocenters. The van der Waals surface area contributed by atoms with Crippen molar-refractivity contribution in [3.8, 4) is 10.8 Å². The molecule has 0 heterocycles. The van der Waals surface area contributed by atoms with Gasteiger partial charge in [-0.2, -0.15) is 0 Å². The van der Waals surface area contributed by atoms with E-state index >= 15 is 0 Å². The van der Waals surface area contributed by atoms with E-state index in [2.05, 4.69) is 32.0 Å². The second kappa shape index (κ2) is 5.36.